The first-order valence-corrected chi connectivity index (χ1v) is 9.26. The first kappa shape index (κ1) is 19.5. The largest absolute Gasteiger partial charge is 0.496 e. The van der Waals surface area contributed by atoms with Crippen LogP contribution in [-0.2, 0) is 17.8 Å². The summed E-state index contributed by atoms with van der Waals surface area (Å²) < 4.78 is 10.8. The van der Waals surface area contributed by atoms with Gasteiger partial charge in [0.15, 0.2) is 0 Å². The van der Waals surface area contributed by atoms with Crippen molar-refractivity contribution in [1.29, 1.82) is 0 Å². The molecule has 28 heavy (non-hydrogen) atoms. The highest BCUT2D eigenvalue weighted by atomic mass is 16.5. The molecule has 3 aromatic rings. The second-order valence-electron chi connectivity index (χ2n) is 6.91. The lowest BCUT2D eigenvalue weighted by Crippen LogP contribution is -2.15. The smallest absolute Gasteiger partial charge is 0.412 e. The number of methoxy groups -OCH3 is 1. The standard InChI is InChI=1S/C22H25N3O3/c1-15(2)13-18-21(23-22(26)28-14-16-9-5-4-6-10-16)20(25-24-18)17-11-7-8-12-19(17)27-3/h4-12,15H,13-14H2,1-3H3,(H,23,26)(H,24,25). The summed E-state index contributed by atoms with van der Waals surface area (Å²) in [5.74, 6) is 1.08. The van der Waals surface area contributed by atoms with Gasteiger partial charge in [0.1, 0.15) is 18.1 Å². The summed E-state index contributed by atoms with van der Waals surface area (Å²) in [6.45, 7) is 4.43. The number of carbonyl (C=O) groups excluding carboxylic acids is 1. The number of para-hydroxylation sites is 1. The number of nitrogens with zero attached hydrogens (tertiary/aromatic N) is 1. The Morgan fingerprint density at radius 3 is 2.54 bits per heavy atom. The van der Waals surface area contributed by atoms with Crippen molar-refractivity contribution >= 4 is 11.8 Å². The number of rotatable bonds is 7. The van der Waals surface area contributed by atoms with Gasteiger partial charge in [0, 0.05) is 5.56 Å². The number of carbonyl (C=O) groups is 1. The Hall–Kier alpha value is -3.28. The SMILES string of the molecule is COc1ccccc1-c1n[nH]c(CC(C)C)c1NC(=O)OCc1ccccc1. The zero-order chi connectivity index (χ0) is 19.9. The third-order valence-electron chi connectivity index (χ3n) is 4.26. The fraction of sp³-hybridized carbons (Fsp3) is 0.273. The molecule has 0 aliphatic heterocycles. The number of hydrogen-bond acceptors (Lipinski definition) is 4. The lowest BCUT2D eigenvalue weighted by Gasteiger charge is -2.12. The molecule has 0 aliphatic carbocycles. The molecule has 0 unspecified atom stereocenters. The zero-order valence-corrected chi connectivity index (χ0v) is 16.4. The minimum absolute atomic E-state index is 0.202. The van der Waals surface area contributed by atoms with Crippen LogP contribution in [0, 0.1) is 5.92 Å². The Morgan fingerprint density at radius 1 is 1.11 bits per heavy atom. The number of nitrogens with one attached hydrogen (secondary N) is 2. The van der Waals surface area contributed by atoms with Gasteiger partial charge in [0.05, 0.1) is 18.5 Å². The average molecular weight is 379 g/mol. The lowest BCUT2D eigenvalue weighted by molar-refractivity contribution is 0.155. The molecule has 2 N–H and O–H groups in total. The highest BCUT2D eigenvalue weighted by Crippen LogP contribution is 2.35. The molecule has 3 rings (SSSR count). The Kier molecular flexibility index (Phi) is 6.32. The maximum absolute atomic E-state index is 12.5. The number of ether oxygens (including phenoxy) is 2. The highest BCUT2D eigenvalue weighted by molar-refractivity contribution is 5.92. The van der Waals surface area contributed by atoms with Gasteiger partial charge in [-0.2, -0.15) is 5.10 Å². The topological polar surface area (TPSA) is 76.2 Å². The molecule has 0 fully saturated rings. The third-order valence-corrected chi connectivity index (χ3v) is 4.26. The van der Waals surface area contributed by atoms with E-state index < -0.39 is 6.09 Å². The first-order chi connectivity index (χ1) is 13.6. The molecule has 146 valence electrons. The van der Waals surface area contributed by atoms with Crippen molar-refractivity contribution in [2.24, 2.45) is 5.92 Å². The molecule has 0 bridgehead atoms. The van der Waals surface area contributed by atoms with Gasteiger partial charge in [-0.15, -0.1) is 0 Å². The first-order valence-electron chi connectivity index (χ1n) is 9.26. The summed E-state index contributed by atoms with van der Waals surface area (Å²) in [6.07, 6.45) is 0.225. The summed E-state index contributed by atoms with van der Waals surface area (Å²) in [6, 6.07) is 17.1. The van der Waals surface area contributed by atoms with E-state index in [-0.39, 0.29) is 6.61 Å². The number of hydrogen-bond donors (Lipinski definition) is 2. The van der Waals surface area contributed by atoms with Crippen LogP contribution in [-0.4, -0.2) is 23.4 Å². The van der Waals surface area contributed by atoms with E-state index in [0.29, 0.717) is 23.0 Å². The van der Waals surface area contributed by atoms with E-state index in [0.717, 1.165) is 23.2 Å². The Balaban J connectivity index is 1.85. The summed E-state index contributed by atoms with van der Waals surface area (Å²) in [5, 5.41) is 10.4. The Bertz CT molecular complexity index is 920. The fourth-order valence-electron chi connectivity index (χ4n) is 2.97. The van der Waals surface area contributed by atoms with E-state index in [9.17, 15) is 4.79 Å². The molecule has 1 heterocycles. The number of benzene rings is 2. The molecule has 6 nitrogen and oxygen atoms in total. The molecule has 0 aliphatic rings. The molecule has 6 heteroatoms. The third kappa shape index (κ3) is 4.71. The van der Waals surface area contributed by atoms with E-state index >= 15 is 0 Å². The monoisotopic (exact) mass is 379 g/mol. The molecule has 1 aromatic heterocycles. The van der Waals surface area contributed by atoms with Crippen molar-refractivity contribution in [3.63, 3.8) is 0 Å². The van der Waals surface area contributed by atoms with Crippen LogP contribution < -0.4 is 10.1 Å². The van der Waals surface area contributed by atoms with Crippen molar-refractivity contribution < 1.29 is 14.3 Å². The molecule has 2 aromatic carbocycles. The van der Waals surface area contributed by atoms with Crippen molar-refractivity contribution in [2.45, 2.75) is 26.9 Å². The van der Waals surface area contributed by atoms with Gasteiger partial charge in [-0.05, 0) is 30.0 Å². The molecule has 0 spiro atoms. The number of aromatic nitrogens is 2. The normalized spacial score (nSPS) is 10.7. The van der Waals surface area contributed by atoms with Crippen LogP contribution in [0.3, 0.4) is 0 Å². The number of amides is 1. The van der Waals surface area contributed by atoms with Gasteiger partial charge < -0.3 is 9.47 Å². The Labute approximate surface area is 164 Å². The zero-order valence-electron chi connectivity index (χ0n) is 16.4. The van der Waals surface area contributed by atoms with Gasteiger partial charge in [-0.3, -0.25) is 10.4 Å². The van der Waals surface area contributed by atoms with E-state index in [1.54, 1.807) is 7.11 Å². The fourth-order valence-corrected chi connectivity index (χ4v) is 2.97. The quantitative estimate of drug-likeness (QED) is 0.603. The number of anilines is 1. The summed E-state index contributed by atoms with van der Waals surface area (Å²) >= 11 is 0. The lowest BCUT2D eigenvalue weighted by atomic mass is 10.0. The van der Waals surface area contributed by atoms with Gasteiger partial charge in [0.2, 0.25) is 0 Å². The van der Waals surface area contributed by atoms with Crippen molar-refractivity contribution in [3.8, 4) is 17.0 Å². The van der Waals surface area contributed by atoms with Crippen LogP contribution in [0.15, 0.2) is 54.6 Å². The van der Waals surface area contributed by atoms with E-state index in [2.05, 4.69) is 29.4 Å². The molecular weight excluding hydrogens is 354 g/mol. The van der Waals surface area contributed by atoms with E-state index in [1.807, 2.05) is 54.6 Å². The van der Waals surface area contributed by atoms with E-state index in [1.165, 1.54) is 0 Å². The van der Waals surface area contributed by atoms with Crippen LogP contribution in [0.4, 0.5) is 10.5 Å². The summed E-state index contributed by atoms with van der Waals surface area (Å²) in [5.41, 5.74) is 3.83. The van der Waals surface area contributed by atoms with Crippen LogP contribution in [0.2, 0.25) is 0 Å². The van der Waals surface area contributed by atoms with Crippen LogP contribution in [0.5, 0.6) is 5.75 Å². The minimum Gasteiger partial charge on any atom is -0.496 e. The van der Waals surface area contributed by atoms with Gasteiger partial charge in [-0.25, -0.2) is 4.79 Å². The summed E-state index contributed by atoms with van der Waals surface area (Å²) in [4.78, 5) is 12.5. The number of aromatic amines is 1. The summed E-state index contributed by atoms with van der Waals surface area (Å²) in [7, 11) is 1.61. The molecule has 0 saturated carbocycles. The van der Waals surface area contributed by atoms with Gasteiger partial charge in [-0.1, -0.05) is 56.3 Å². The van der Waals surface area contributed by atoms with E-state index in [4.69, 9.17) is 9.47 Å². The van der Waals surface area contributed by atoms with Crippen molar-refractivity contribution in [2.75, 3.05) is 12.4 Å². The second kappa shape index (κ2) is 9.08. The molecule has 0 radical (unpaired) electrons. The predicted molar refractivity (Wildman–Crippen MR) is 109 cm³/mol. The second-order valence-corrected chi connectivity index (χ2v) is 6.91. The maximum Gasteiger partial charge on any atom is 0.412 e. The molecule has 1 amide bonds. The van der Waals surface area contributed by atoms with Crippen LogP contribution in [0.25, 0.3) is 11.3 Å². The maximum atomic E-state index is 12.5. The van der Waals surface area contributed by atoms with Crippen molar-refractivity contribution in [1.82, 2.24) is 10.2 Å². The molecular formula is C22H25N3O3. The average Bonchev–Trinajstić information content (AvgIpc) is 3.08. The van der Waals surface area contributed by atoms with Crippen molar-refractivity contribution in [3.05, 3.63) is 65.9 Å². The van der Waals surface area contributed by atoms with Crippen LogP contribution in [0.1, 0.15) is 25.1 Å². The molecule has 0 atom stereocenters. The minimum atomic E-state index is -0.522. The highest BCUT2D eigenvalue weighted by Gasteiger charge is 2.20. The van der Waals surface area contributed by atoms with Crippen LogP contribution >= 0.6 is 0 Å². The predicted octanol–water partition coefficient (Wildman–Crippen LogP) is 5.03. The number of H-pyrrole nitrogens is 1. The van der Waals surface area contributed by atoms with Gasteiger partial charge >= 0.3 is 6.09 Å². The molecule has 0 saturated heterocycles. The van der Waals surface area contributed by atoms with Gasteiger partial charge in [0.25, 0.3) is 0 Å². The Morgan fingerprint density at radius 2 is 1.82 bits per heavy atom.